The molecule has 4 amide bonds. The smallest absolute Gasteiger partial charge is 0.346 e. The molecule has 32 heavy (non-hydrogen) atoms. The van der Waals surface area contributed by atoms with E-state index in [0.717, 1.165) is 17.0 Å². The third-order valence-corrected chi connectivity index (χ3v) is 5.45. The fraction of sp³-hybridized carbons (Fsp3) is 0.273. The predicted octanol–water partition coefficient (Wildman–Crippen LogP) is 2.51. The summed E-state index contributed by atoms with van der Waals surface area (Å²) in [5, 5.41) is 0.230. The van der Waals surface area contributed by atoms with E-state index in [0.29, 0.717) is 5.56 Å². The molecular formula is C22H18ClF2N3O4. The van der Waals surface area contributed by atoms with Crippen LogP contribution in [0.2, 0.25) is 7.85 Å². The molecule has 0 bridgehead atoms. The van der Waals surface area contributed by atoms with Crippen molar-refractivity contribution in [3.8, 4) is 0 Å². The number of rotatable bonds is 5. The summed E-state index contributed by atoms with van der Waals surface area (Å²) in [5.41, 5.74) is 0.170. The largest absolute Gasteiger partial charge is 0.349 e. The zero-order chi connectivity index (χ0) is 26.6. The minimum absolute atomic E-state index is 0.0830. The van der Waals surface area contributed by atoms with Crippen LogP contribution in [0.5, 0.6) is 0 Å². The molecule has 2 aromatic rings. The maximum atomic E-state index is 14.6. The van der Waals surface area contributed by atoms with Crippen molar-refractivity contribution in [2.75, 3.05) is 0 Å². The molecule has 1 fully saturated rings. The number of fused-ring (bicyclic) bond motifs is 1. The highest BCUT2D eigenvalue weighted by molar-refractivity contribution is 6.30. The quantitative estimate of drug-likeness (QED) is 0.663. The fourth-order valence-corrected chi connectivity index (χ4v) is 3.65. The van der Waals surface area contributed by atoms with Crippen molar-refractivity contribution in [3.63, 3.8) is 0 Å². The highest BCUT2D eigenvalue weighted by atomic mass is 35.5. The summed E-state index contributed by atoms with van der Waals surface area (Å²) >= 11 is 5.69. The van der Waals surface area contributed by atoms with Crippen molar-refractivity contribution in [2.24, 2.45) is 0 Å². The predicted molar refractivity (Wildman–Crippen MR) is 110 cm³/mol. The van der Waals surface area contributed by atoms with Crippen LogP contribution in [0.15, 0.2) is 42.5 Å². The number of hydrogen-bond donors (Lipinski definition) is 2. The van der Waals surface area contributed by atoms with E-state index in [1.807, 2.05) is 0 Å². The highest BCUT2D eigenvalue weighted by Gasteiger charge is 2.41. The monoisotopic (exact) mass is 465 g/mol. The number of imide groups is 1. The van der Waals surface area contributed by atoms with E-state index in [2.05, 4.69) is 0 Å². The van der Waals surface area contributed by atoms with E-state index in [-0.39, 0.29) is 33.3 Å². The Labute approximate surface area is 192 Å². The van der Waals surface area contributed by atoms with Gasteiger partial charge in [0.1, 0.15) is 6.04 Å². The third-order valence-electron chi connectivity index (χ3n) is 5.20. The maximum Gasteiger partial charge on any atom is 0.349 e. The lowest BCUT2D eigenvalue weighted by atomic mass is 10.0. The maximum absolute atomic E-state index is 14.6. The van der Waals surface area contributed by atoms with Gasteiger partial charge in [-0.1, -0.05) is 35.9 Å². The number of alkyl halides is 2. The Morgan fingerprint density at radius 2 is 2.00 bits per heavy atom. The summed E-state index contributed by atoms with van der Waals surface area (Å²) in [7, 11) is 0. The summed E-state index contributed by atoms with van der Waals surface area (Å²) in [5.74, 6) is -8.72. The second-order valence-corrected chi connectivity index (χ2v) is 7.72. The summed E-state index contributed by atoms with van der Waals surface area (Å²) in [6, 6.07) is 7.15. The van der Waals surface area contributed by atoms with Crippen LogP contribution >= 0.6 is 11.6 Å². The van der Waals surface area contributed by atoms with Crippen molar-refractivity contribution >= 4 is 35.2 Å². The van der Waals surface area contributed by atoms with E-state index in [1.165, 1.54) is 30.3 Å². The first-order valence-corrected chi connectivity index (χ1v) is 9.86. The molecule has 1 atom stereocenters. The lowest BCUT2D eigenvalue weighted by Gasteiger charge is -2.29. The van der Waals surface area contributed by atoms with Crippen molar-refractivity contribution in [1.29, 1.82) is 0 Å². The van der Waals surface area contributed by atoms with Gasteiger partial charge in [0.2, 0.25) is 11.8 Å². The molecule has 2 aliphatic heterocycles. The van der Waals surface area contributed by atoms with Gasteiger partial charge in [0.05, 0.1) is 0 Å². The minimum atomic E-state index is -3.98. The average Bonchev–Trinajstić information content (AvgIpc) is 3.15. The van der Waals surface area contributed by atoms with Gasteiger partial charge in [0, 0.05) is 38.4 Å². The summed E-state index contributed by atoms with van der Waals surface area (Å²) in [4.78, 5) is 50.5. The van der Waals surface area contributed by atoms with Crippen molar-refractivity contribution < 1.29 is 33.5 Å². The number of halogens is 3. The van der Waals surface area contributed by atoms with Crippen LogP contribution in [0.25, 0.3) is 0 Å². The highest BCUT2D eigenvalue weighted by Crippen LogP contribution is 2.30. The van der Waals surface area contributed by atoms with Crippen molar-refractivity contribution in [1.82, 2.24) is 15.5 Å². The molecule has 0 spiro atoms. The first-order valence-electron chi connectivity index (χ1n) is 11.4. The number of nitrogens with one attached hydrogen (secondary N) is 2. The molecule has 0 aromatic heterocycles. The first kappa shape index (κ1) is 17.3. The number of piperidine rings is 1. The Kier molecular flexibility index (Phi) is 4.48. The third kappa shape index (κ3) is 4.08. The van der Waals surface area contributed by atoms with Crippen LogP contribution in [0.4, 0.5) is 8.78 Å². The molecule has 0 radical (unpaired) electrons. The standard InChI is InChI=1S/C22H18ClF2N3O4/c23-15-4-2-14(3-5-15)22(24,25)21(32)26-10-12-1-6-16-13(9-12)11-28(20(16)31)17-7-8-18(29)27-19(17)30/h1-6,9,17H,7-8,10-11H2,(H,26,32)(H,27,29,30)/i8D2/hD2. The second-order valence-electron chi connectivity index (χ2n) is 7.28. The molecule has 7 nitrogen and oxygen atoms in total. The number of hydrogen-bond acceptors (Lipinski definition) is 4. The molecule has 1 unspecified atom stereocenters. The van der Waals surface area contributed by atoms with Crippen LogP contribution in [-0.4, -0.2) is 34.6 Å². The molecule has 2 heterocycles. The van der Waals surface area contributed by atoms with Gasteiger partial charge in [-0.2, -0.15) is 8.78 Å². The Hall–Kier alpha value is -3.33. The van der Waals surface area contributed by atoms with Crippen LogP contribution < -0.4 is 10.6 Å². The van der Waals surface area contributed by atoms with E-state index < -0.39 is 60.5 Å². The van der Waals surface area contributed by atoms with Gasteiger partial charge in [-0.25, -0.2) is 0 Å². The topological polar surface area (TPSA) is 95.6 Å². The normalized spacial score (nSPS) is 22.1. The molecular weight excluding hydrogens is 444 g/mol. The van der Waals surface area contributed by atoms with Gasteiger partial charge in [-0.3, -0.25) is 24.5 Å². The zero-order valence-electron chi connectivity index (χ0n) is 20.3. The Morgan fingerprint density at radius 1 is 1.28 bits per heavy atom. The van der Waals surface area contributed by atoms with Gasteiger partial charge in [-0.05, 0) is 35.7 Å². The van der Waals surface area contributed by atoms with E-state index in [4.69, 9.17) is 17.2 Å². The number of nitrogens with zero attached hydrogens (tertiary/aromatic N) is 1. The average molecular weight is 466 g/mol. The van der Waals surface area contributed by atoms with Gasteiger partial charge in [-0.15, -0.1) is 0 Å². The van der Waals surface area contributed by atoms with E-state index >= 15 is 0 Å². The molecule has 166 valence electrons. The Morgan fingerprint density at radius 3 is 2.72 bits per heavy atom. The van der Waals surface area contributed by atoms with Crippen LogP contribution in [0, 0.1) is 0 Å². The van der Waals surface area contributed by atoms with E-state index in [1.54, 1.807) is 0 Å². The molecule has 10 heteroatoms. The summed E-state index contributed by atoms with van der Waals surface area (Å²) in [6.07, 6.45) is -3.12. The van der Waals surface area contributed by atoms with Gasteiger partial charge in [0.15, 0.2) is 2.82 Å². The summed E-state index contributed by atoms with van der Waals surface area (Å²) < 4.78 is 60.2. The molecule has 1 saturated heterocycles. The number of amides is 4. The molecule has 2 aliphatic rings. The minimum Gasteiger partial charge on any atom is -0.346 e. The summed E-state index contributed by atoms with van der Waals surface area (Å²) in [6.45, 7) is -0.688. The second kappa shape index (κ2) is 8.31. The van der Waals surface area contributed by atoms with Gasteiger partial charge < -0.3 is 10.2 Å². The zero-order valence-corrected chi connectivity index (χ0v) is 17.1. The molecule has 2 aromatic carbocycles. The first-order chi connectivity index (χ1) is 16.7. The number of benzene rings is 2. The van der Waals surface area contributed by atoms with Crippen molar-refractivity contribution in [3.05, 3.63) is 69.7 Å². The van der Waals surface area contributed by atoms with Gasteiger partial charge >= 0.3 is 5.92 Å². The Balaban J connectivity index is 1.51. The number of carbonyl (C=O) groups excluding carboxylic acids is 4. The molecule has 0 aliphatic carbocycles. The van der Waals surface area contributed by atoms with Gasteiger partial charge in [0.25, 0.3) is 11.8 Å². The number of carbonyl (C=O) groups is 4. The van der Waals surface area contributed by atoms with Crippen LogP contribution in [-0.2, 0) is 33.4 Å². The van der Waals surface area contributed by atoms with Crippen LogP contribution in [0.1, 0.15) is 42.6 Å². The fourth-order valence-electron chi connectivity index (χ4n) is 3.52. The van der Waals surface area contributed by atoms with Crippen molar-refractivity contribution in [2.45, 2.75) is 37.8 Å². The Bertz CT molecular complexity index is 1280. The molecule has 4 rings (SSSR count). The van der Waals surface area contributed by atoms with E-state index in [9.17, 15) is 28.0 Å². The van der Waals surface area contributed by atoms with Crippen LogP contribution in [0.3, 0.4) is 0 Å². The molecule has 0 saturated carbocycles. The molecule has 2 N–H and O–H groups in total. The lowest BCUT2D eigenvalue weighted by Crippen LogP contribution is -2.52. The lowest BCUT2D eigenvalue weighted by molar-refractivity contribution is -0.147. The SMILES string of the molecule is [2H]N(Cc1ccc2c(c1)CN(C1CC([2H])([2H])C(=O)N([2H])C1=O)C2=O)C(=O)C(F)(F)c1ccc(Cl)cc1.